The molecule has 0 bridgehead atoms. The molecule has 26 heavy (non-hydrogen) atoms. The fourth-order valence-electron chi connectivity index (χ4n) is 3.03. The number of carbonyl (C=O) groups is 1. The van der Waals surface area contributed by atoms with Crippen LogP contribution in [0.1, 0.15) is 45.6 Å². The SMILES string of the molecule is CCc1ccc([C@@H](NC(=O)c2ccccc2C)c2cccc(F)c2)cc1. The van der Waals surface area contributed by atoms with E-state index < -0.39 is 6.04 Å². The molecule has 3 aromatic carbocycles. The maximum Gasteiger partial charge on any atom is 0.252 e. The number of carbonyl (C=O) groups excluding carboxylic acids is 1. The molecule has 1 amide bonds. The first-order valence-electron chi connectivity index (χ1n) is 8.79. The van der Waals surface area contributed by atoms with Gasteiger partial charge in [0.15, 0.2) is 0 Å². The van der Waals surface area contributed by atoms with E-state index in [0.717, 1.165) is 23.1 Å². The fourth-order valence-corrected chi connectivity index (χ4v) is 3.03. The van der Waals surface area contributed by atoms with E-state index in [1.54, 1.807) is 12.1 Å². The highest BCUT2D eigenvalue weighted by Crippen LogP contribution is 2.24. The summed E-state index contributed by atoms with van der Waals surface area (Å²) >= 11 is 0. The highest BCUT2D eigenvalue weighted by atomic mass is 19.1. The molecule has 0 unspecified atom stereocenters. The molecule has 0 radical (unpaired) electrons. The summed E-state index contributed by atoms with van der Waals surface area (Å²) in [7, 11) is 0. The number of hydrogen-bond donors (Lipinski definition) is 1. The summed E-state index contributed by atoms with van der Waals surface area (Å²) in [6.07, 6.45) is 0.945. The third-order valence-corrected chi connectivity index (χ3v) is 4.57. The third-order valence-electron chi connectivity index (χ3n) is 4.57. The molecule has 3 heteroatoms. The second kappa shape index (κ2) is 7.96. The van der Waals surface area contributed by atoms with Gasteiger partial charge in [0.1, 0.15) is 5.82 Å². The molecule has 0 heterocycles. The van der Waals surface area contributed by atoms with Crippen molar-refractivity contribution in [2.45, 2.75) is 26.3 Å². The van der Waals surface area contributed by atoms with Crippen LogP contribution in [0.3, 0.4) is 0 Å². The highest BCUT2D eigenvalue weighted by molar-refractivity contribution is 5.96. The molecule has 0 spiro atoms. The number of benzene rings is 3. The molecular formula is C23H22FNO. The van der Waals surface area contributed by atoms with Crippen LogP contribution < -0.4 is 5.32 Å². The molecule has 0 saturated heterocycles. The van der Waals surface area contributed by atoms with Gasteiger partial charge in [-0.1, -0.05) is 61.5 Å². The fraction of sp³-hybridized carbons (Fsp3) is 0.174. The lowest BCUT2D eigenvalue weighted by molar-refractivity contribution is 0.0942. The van der Waals surface area contributed by atoms with E-state index in [-0.39, 0.29) is 11.7 Å². The summed E-state index contributed by atoms with van der Waals surface area (Å²) in [5.41, 5.74) is 4.39. The van der Waals surface area contributed by atoms with Crippen LogP contribution in [0.5, 0.6) is 0 Å². The Bertz CT molecular complexity index is 902. The Hall–Kier alpha value is -2.94. The van der Waals surface area contributed by atoms with Crippen molar-refractivity contribution in [1.29, 1.82) is 0 Å². The number of aryl methyl sites for hydroxylation is 2. The summed E-state index contributed by atoms with van der Waals surface area (Å²) in [6.45, 7) is 4.00. The van der Waals surface area contributed by atoms with Crippen LogP contribution in [0.25, 0.3) is 0 Å². The van der Waals surface area contributed by atoms with Gasteiger partial charge >= 0.3 is 0 Å². The second-order valence-electron chi connectivity index (χ2n) is 6.37. The van der Waals surface area contributed by atoms with Gasteiger partial charge in [0.05, 0.1) is 6.04 Å². The average Bonchev–Trinajstić information content (AvgIpc) is 2.66. The second-order valence-corrected chi connectivity index (χ2v) is 6.37. The Morgan fingerprint density at radius 1 is 0.962 bits per heavy atom. The van der Waals surface area contributed by atoms with Crippen molar-refractivity contribution >= 4 is 5.91 Å². The molecule has 1 N–H and O–H groups in total. The van der Waals surface area contributed by atoms with Crippen LogP contribution in [0.2, 0.25) is 0 Å². The zero-order valence-electron chi connectivity index (χ0n) is 15.0. The number of amides is 1. The van der Waals surface area contributed by atoms with Crippen LogP contribution in [0, 0.1) is 12.7 Å². The maximum atomic E-state index is 13.8. The molecule has 0 saturated carbocycles. The lowest BCUT2D eigenvalue weighted by atomic mass is 9.96. The van der Waals surface area contributed by atoms with Gasteiger partial charge in [0, 0.05) is 5.56 Å². The number of nitrogens with one attached hydrogen (secondary N) is 1. The molecule has 132 valence electrons. The first kappa shape index (κ1) is 17.9. The molecule has 3 rings (SSSR count). The van der Waals surface area contributed by atoms with E-state index in [0.29, 0.717) is 5.56 Å². The minimum absolute atomic E-state index is 0.170. The molecule has 2 nitrogen and oxygen atoms in total. The van der Waals surface area contributed by atoms with Gasteiger partial charge in [-0.15, -0.1) is 0 Å². The van der Waals surface area contributed by atoms with Crippen LogP contribution in [0.15, 0.2) is 72.8 Å². The normalized spacial score (nSPS) is 11.8. The first-order chi connectivity index (χ1) is 12.6. The lowest BCUT2D eigenvalue weighted by Gasteiger charge is -2.21. The van der Waals surface area contributed by atoms with E-state index in [9.17, 15) is 9.18 Å². The Balaban J connectivity index is 1.97. The van der Waals surface area contributed by atoms with Crippen molar-refractivity contribution in [2.24, 2.45) is 0 Å². The van der Waals surface area contributed by atoms with Crippen molar-refractivity contribution in [1.82, 2.24) is 5.32 Å². The topological polar surface area (TPSA) is 29.1 Å². The molecule has 0 aromatic heterocycles. The zero-order valence-corrected chi connectivity index (χ0v) is 15.0. The summed E-state index contributed by atoms with van der Waals surface area (Å²) < 4.78 is 13.8. The highest BCUT2D eigenvalue weighted by Gasteiger charge is 2.19. The first-order valence-corrected chi connectivity index (χ1v) is 8.79. The Morgan fingerprint density at radius 2 is 1.69 bits per heavy atom. The van der Waals surface area contributed by atoms with Crippen molar-refractivity contribution < 1.29 is 9.18 Å². The number of halogens is 1. The van der Waals surface area contributed by atoms with Crippen LogP contribution in [-0.2, 0) is 6.42 Å². The largest absolute Gasteiger partial charge is 0.341 e. The third kappa shape index (κ3) is 3.99. The van der Waals surface area contributed by atoms with E-state index in [4.69, 9.17) is 0 Å². The number of rotatable bonds is 5. The average molecular weight is 347 g/mol. The molecule has 0 aliphatic heterocycles. The van der Waals surface area contributed by atoms with Gasteiger partial charge < -0.3 is 5.32 Å². The monoisotopic (exact) mass is 347 g/mol. The molecule has 0 fully saturated rings. The van der Waals surface area contributed by atoms with E-state index in [1.165, 1.54) is 17.7 Å². The molecular weight excluding hydrogens is 325 g/mol. The summed E-state index contributed by atoms with van der Waals surface area (Å²) in [6, 6.07) is 21.5. The molecule has 0 aliphatic carbocycles. The minimum Gasteiger partial charge on any atom is -0.341 e. The van der Waals surface area contributed by atoms with Crippen molar-refractivity contribution in [2.75, 3.05) is 0 Å². The van der Waals surface area contributed by atoms with Crippen LogP contribution in [0.4, 0.5) is 4.39 Å². The summed E-state index contributed by atoms with van der Waals surface area (Å²) in [5, 5.41) is 3.07. The maximum absolute atomic E-state index is 13.8. The van der Waals surface area contributed by atoms with Gasteiger partial charge in [0.25, 0.3) is 5.91 Å². The van der Waals surface area contributed by atoms with E-state index >= 15 is 0 Å². The molecule has 1 atom stereocenters. The smallest absolute Gasteiger partial charge is 0.252 e. The van der Waals surface area contributed by atoms with Gasteiger partial charge in [-0.05, 0) is 53.8 Å². The van der Waals surface area contributed by atoms with Crippen molar-refractivity contribution in [3.63, 3.8) is 0 Å². The standard InChI is InChI=1S/C23H22FNO/c1-3-17-11-13-18(14-12-17)22(19-8-6-9-20(24)15-19)25-23(26)21-10-5-4-7-16(21)2/h4-15,22H,3H2,1-2H3,(H,25,26)/t22-/m1/s1. The lowest BCUT2D eigenvalue weighted by Crippen LogP contribution is -2.30. The minimum atomic E-state index is -0.413. The Morgan fingerprint density at radius 3 is 2.35 bits per heavy atom. The van der Waals surface area contributed by atoms with Gasteiger partial charge in [0.2, 0.25) is 0 Å². The Labute approximate surface area is 153 Å². The van der Waals surface area contributed by atoms with Crippen LogP contribution >= 0.6 is 0 Å². The predicted molar refractivity (Wildman–Crippen MR) is 103 cm³/mol. The Kier molecular flexibility index (Phi) is 5.47. The molecule has 0 aliphatic rings. The van der Waals surface area contributed by atoms with Gasteiger partial charge in [-0.25, -0.2) is 4.39 Å². The van der Waals surface area contributed by atoms with Gasteiger partial charge in [-0.2, -0.15) is 0 Å². The van der Waals surface area contributed by atoms with Gasteiger partial charge in [-0.3, -0.25) is 4.79 Å². The quantitative estimate of drug-likeness (QED) is 0.674. The molecule has 3 aromatic rings. The van der Waals surface area contributed by atoms with E-state index in [2.05, 4.69) is 12.2 Å². The van der Waals surface area contributed by atoms with Crippen molar-refractivity contribution in [3.05, 3.63) is 106 Å². The predicted octanol–water partition coefficient (Wildman–Crippen LogP) is 5.22. The number of hydrogen-bond acceptors (Lipinski definition) is 1. The summed E-state index contributed by atoms with van der Waals surface area (Å²) in [4.78, 5) is 12.8. The summed E-state index contributed by atoms with van der Waals surface area (Å²) in [5.74, 6) is -0.486. The van der Waals surface area contributed by atoms with Crippen LogP contribution in [-0.4, -0.2) is 5.91 Å². The zero-order chi connectivity index (χ0) is 18.5. The van der Waals surface area contributed by atoms with E-state index in [1.807, 2.05) is 55.5 Å². The van der Waals surface area contributed by atoms with Crippen molar-refractivity contribution in [3.8, 4) is 0 Å².